The monoisotopic (exact) mass is 594 g/mol. The summed E-state index contributed by atoms with van der Waals surface area (Å²) in [6.07, 6.45) is 3.04. The molecule has 0 aliphatic heterocycles. The molecule has 6 aromatic carbocycles. The lowest BCUT2D eigenvalue weighted by atomic mass is 10.0. The lowest BCUT2D eigenvalue weighted by Gasteiger charge is -2.09. The summed E-state index contributed by atoms with van der Waals surface area (Å²) in [4.78, 5) is 12.5. The van der Waals surface area contributed by atoms with Crippen LogP contribution in [0, 0.1) is 6.92 Å². The number of nitrogens with zero attached hydrogens (tertiary/aromatic N) is 5. The van der Waals surface area contributed by atoms with Gasteiger partial charge in [0.15, 0.2) is 22.4 Å². The molecule has 0 amide bonds. The molecule has 0 N–H and O–H groups in total. The van der Waals surface area contributed by atoms with E-state index in [9.17, 15) is 0 Å². The lowest BCUT2D eigenvalue weighted by Crippen LogP contribution is -2.30. The van der Waals surface area contributed by atoms with Crippen LogP contribution in [0.4, 0.5) is 0 Å². The van der Waals surface area contributed by atoms with Crippen LogP contribution in [0.2, 0.25) is 0 Å². The van der Waals surface area contributed by atoms with Crippen molar-refractivity contribution in [3.63, 3.8) is 0 Å². The van der Waals surface area contributed by atoms with Crippen molar-refractivity contribution in [3.05, 3.63) is 140 Å². The van der Waals surface area contributed by atoms with Crippen LogP contribution in [-0.2, 0) is 7.05 Å². The van der Waals surface area contributed by atoms with Crippen molar-refractivity contribution in [2.24, 2.45) is 7.05 Å². The Morgan fingerprint density at radius 3 is 2.07 bits per heavy atom. The van der Waals surface area contributed by atoms with Crippen molar-refractivity contribution in [1.29, 1.82) is 0 Å². The summed E-state index contributed by atoms with van der Waals surface area (Å²) in [5, 5.41) is 4.55. The fourth-order valence-electron chi connectivity index (χ4n) is 6.80. The number of rotatable bonds is 4. The third-order valence-electron chi connectivity index (χ3n) is 9.07. The molecule has 0 radical (unpaired) electrons. The number of hydrogen-bond donors (Lipinski definition) is 0. The van der Waals surface area contributed by atoms with Gasteiger partial charge in [0.25, 0.3) is 5.82 Å². The van der Waals surface area contributed by atoms with Crippen molar-refractivity contribution in [1.82, 2.24) is 19.5 Å². The lowest BCUT2D eigenvalue weighted by molar-refractivity contribution is -0.633. The smallest absolute Gasteiger partial charge is 0.298 e. The Morgan fingerprint density at radius 2 is 1.26 bits per heavy atom. The van der Waals surface area contributed by atoms with Gasteiger partial charge in [0.2, 0.25) is 0 Å². The van der Waals surface area contributed by atoms with Gasteiger partial charge < -0.3 is 4.42 Å². The van der Waals surface area contributed by atoms with Crippen LogP contribution in [0.5, 0.6) is 0 Å². The summed E-state index contributed by atoms with van der Waals surface area (Å²) in [7, 11) is 2.15. The van der Waals surface area contributed by atoms with Gasteiger partial charge >= 0.3 is 0 Å². The van der Waals surface area contributed by atoms with Crippen molar-refractivity contribution in [2.45, 2.75) is 6.92 Å². The highest BCUT2D eigenvalue weighted by Crippen LogP contribution is 2.41. The fourth-order valence-corrected chi connectivity index (χ4v) is 6.80. The number of benzene rings is 6. The van der Waals surface area contributed by atoms with Crippen LogP contribution >= 0.6 is 0 Å². The zero-order valence-corrected chi connectivity index (χ0v) is 25.3. The van der Waals surface area contributed by atoms with Crippen molar-refractivity contribution < 1.29 is 8.98 Å². The second kappa shape index (κ2) is 10.2. The molecule has 6 nitrogen and oxygen atoms in total. The van der Waals surface area contributed by atoms with Crippen molar-refractivity contribution in [3.8, 4) is 39.6 Å². The molecule has 0 atom stereocenters. The predicted octanol–water partition coefficient (Wildman–Crippen LogP) is 9.00. The molecule has 9 aromatic rings. The summed E-state index contributed by atoms with van der Waals surface area (Å²) in [5.74, 6) is 1.74. The van der Waals surface area contributed by atoms with Gasteiger partial charge in [-0.3, -0.25) is 0 Å². The van der Waals surface area contributed by atoms with Gasteiger partial charge in [-0.05, 0) is 59.3 Å². The van der Waals surface area contributed by atoms with Crippen LogP contribution < -0.4 is 4.57 Å². The second-order valence-electron chi connectivity index (χ2n) is 11.7. The Kier molecular flexibility index (Phi) is 5.83. The topological polar surface area (TPSA) is 60.6 Å². The molecule has 0 saturated carbocycles. The first kappa shape index (κ1) is 26.3. The summed E-state index contributed by atoms with van der Waals surface area (Å²) in [6.45, 7) is 2.17. The third kappa shape index (κ3) is 3.97. The molecule has 6 heteroatoms. The first-order valence-electron chi connectivity index (χ1n) is 15.3. The molecule has 46 heavy (non-hydrogen) atoms. The molecule has 0 saturated heterocycles. The van der Waals surface area contributed by atoms with Gasteiger partial charge in [0.05, 0.1) is 7.05 Å². The molecular weight excluding hydrogens is 566 g/mol. The van der Waals surface area contributed by atoms with E-state index >= 15 is 0 Å². The molecule has 0 fully saturated rings. The van der Waals surface area contributed by atoms with E-state index in [1.54, 1.807) is 0 Å². The number of para-hydroxylation sites is 2. The summed E-state index contributed by atoms with van der Waals surface area (Å²) >= 11 is 0. The number of imidazole rings is 1. The molecule has 218 valence electrons. The minimum atomic E-state index is 0.666. The second-order valence-corrected chi connectivity index (χ2v) is 11.7. The predicted molar refractivity (Wildman–Crippen MR) is 184 cm³/mol. The molecule has 0 aliphatic carbocycles. The first-order chi connectivity index (χ1) is 22.7. The van der Waals surface area contributed by atoms with Crippen LogP contribution in [0.1, 0.15) is 5.56 Å². The number of aryl methyl sites for hydroxylation is 2. The zero-order valence-electron chi connectivity index (χ0n) is 25.3. The van der Waals surface area contributed by atoms with E-state index in [1.165, 1.54) is 18.0 Å². The molecule has 0 spiro atoms. The fraction of sp³-hybridized carbons (Fsp3) is 0.0500. The molecule has 3 heterocycles. The SMILES string of the molecule is Cc1ccc2c(oc3c4ccccc4ccc23)c1-c1n(-c2ccc(-c3ccc(-c4ncncn4)cc3)cc2)c2ccccc2[n+]1C. The van der Waals surface area contributed by atoms with Gasteiger partial charge in [-0.15, -0.1) is 0 Å². The maximum Gasteiger partial charge on any atom is 0.298 e. The minimum absolute atomic E-state index is 0.666. The Hall–Kier alpha value is -6.14. The molecule has 9 rings (SSSR count). The van der Waals surface area contributed by atoms with E-state index in [-0.39, 0.29) is 0 Å². The summed E-state index contributed by atoms with van der Waals surface area (Å²) in [6, 6.07) is 42.9. The van der Waals surface area contributed by atoms with Crippen LogP contribution in [-0.4, -0.2) is 19.5 Å². The van der Waals surface area contributed by atoms with E-state index in [0.29, 0.717) is 5.82 Å². The van der Waals surface area contributed by atoms with Gasteiger partial charge in [0, 0.05) is 21.7 Å². The highest BCUT2D eigenvalue weighted by Gasteiger charge is 2.30. The highest BCUT2D eigenvalue weighted by atomic mass is 16.3. The van der Waals surface area contributed by atoms with Gasteiger partial charge in [-0.2, -0.15) is 4.57 Å². The van der Waals surface area contributed by atoms with E-state index in [2.05, 4.69) is 159 Å². The average molecular weight is 595 g/mol. The zero-order chi connectivity index (χ0) is 30.8. The van der Waals surface area contributed by atoms with Gasteiger partial charge in [-0.25, -0.2) is 19.5 Å². The summed E-state index contributed by atoms with van der Waals surface area (Å²) < 4.78 is 11.5. The first-order valence-corrected chi connectivity index (χ1v) is 15.3. The standard InChI is InChI=1S/C40H28N5O/c1-25-11-21-33-32-22-18-28-7-3-4-8-31(28)37(32)46-38(33)36(25)40-44(2)34-9-5-6-10-35(34)45(40)30-19-16-27(17-20-30)26-12-14-29(15-13-26)39-42-23-41-24-43-39/h3-24H,1-2H3/q+1. The number of aromatic nitrogens is 5. The van der Waals surface area contributed by atoms with E-state index in [0.717, 1.165) is 77.7 Å². The van der Waals surface area contributed by atoms with Crippen LogP contribution in [0.3, 0.4) is 0 Å². The van der Waals surface area contributed by atoms with Crippen LogP contribution in [0.25, 0.3) is 83.3 Å². The van der Waals surface area contributed by atoms with E-state index in [4.69, 9.17) is 4.42 Å². The number of hydrogen-bond acceptors (Lipinski definition) is 4. The number of furan rings is 1. The minimum Gasteiger partial charge on any atom is -0.454 e. The average Bonchev–Trinajstić information content (AvgIpc) is 3.64. The highest BCUT2D eigenvalue weighted by molar-refractivity contribution is 6.17. The van der Waals surface area contributed by atoms with Crippen LogP contribution in [0.15, 0.2) is 138 Å². The Bertz CT molecular complexity index is 2580. The molecule has 0 aliphatic rings. The Morgan fingerprint density at radius 1 is 0.609 bits per heavy atom. The largest absolute Gasteiger partial charge is 0.454 e. The molecule has 0 unspecified atom stereocenters. The quantitative estimate of drug-likeness (QED) is 0.191. The maximum absolute atomic E-state index is 6.85. The molecule has 0 bridgehead atoms. The molecule has 3 aromatic heterocycles. The van der Waals surface area contributed by atoms with Crippen molar-refractivity contribution >= 4 is 43.7 Å². The van der Waals surface area contributed by atoms with E-state index in [1.807, 2.05) is 0 Å². The normalized spacial score (nSPS) is 11.7. The summed E-state index contributed by atoms with van der Waals surface area (Å²) in [5.41, 5.74) is 10.7. The Balaban J connectivity index is 1.22. The van der Waals surface area contributed by atoms with Crippen molar-refractivity contribution in [2.75, 3.05) is 0 Å². The van der Waals surface area contributed by atoms with Gasteiger partial charge in [0.1, 0.15) is 29.5 Å². The Labute approximate surface area is 264 Å². The van der Waals surface area contributed by atoms with Gasteiger partial charge in [-0.1, -0.05) is 91.0 Å². The number of fused-ring (bicyclic) bond motifs is 6. The maximum atomic E-state index is 6.85. The van der Waals surface area contributed by atoms with E-state index < -0.39 is 0 Å². The third-order valence-corrected chi connectivity index (χ3v) is 9.07. The molecular formula is C40H28N5O+.